The third-order valence-corrected chi connectivity index (χ3v) is 3.90. The summed E-state index contributed by atoms with van der Waals surface area (Å²) in [5.74, 6) is -0.673. The number of esters is 1. The fourth-order valence-corrected chi connectivity index (χ4v) is 2.63. The van der Waals surface area contributed by atoms with Crippen molar-refractivity contribution in [3.8, 4) is 0 Å². The van der Waals surface area contributed by atoms with Crippen LogP contribution in [0.2, 0.25) is 0 Å². The lowest BCUT2D eigenvalue weighted by Gasteiger charge is -2.31. The lowest BCUT2D eigenvalue weighted by atomic mass is 9.97. The highest BCUT2D eigenvalue weighted by Gasteiger charge is 2.27. The predicted octanol–water partition coefficient (Wildman–Crippen LogP) is 2.06. The van der Waals surface area contributed by atoms with Crippen LogP contribution in [0.15, 0.2) is 24.3 Å². The molecule has 1 aromatic carbocycles. The molecule has 6 nitrogen and oxygen atoms in total. The van der Waals surface area contributed by atoms with Crippen LogP contribution in [0.25, 0.3) is 0 Å². The van der Waals surface area contributed by atoms with Gasteiger partial charge in [0, 0.05) is 25.7 Å². The van der Waals surface area contributed by atoms with Crippen molar-refractivity contribution in [2.45, 2.75) is 26.7 Å². The van der Waals surface area contributed by atoms with Gasteiger partial charge in [0.05, 0.1) is 18.1 Å². The highest BCUT2D eigenvalue weighted by Crippen LogP contribution is 2.19. The van der Waals surface area contributed by atoms with Crippen molar-refractivity contribution < 1.29 is 19.1 Å². The second-order valence-electron chi connectivity index (χ2n) is 5.59. The molecular formula is C17H22N2O4. The molecule has 0 radical (unpaired) electrons. The monoisotopic (exact) mass is 318 g/mol. The molecule has 1 N–H and O–H groups in total. The molecule has 0 aliphatic carbocycles. The molecule has 1 unspecified atom stereocenters. The molecule has 1 aromatic rings. The third-order valence-electron chi connectivity index (χ3n) is 3.90. The summed E-state index contributed by atoms with van der Waals surface area (Å²) in [5, 5.41) is 2.84. The van der Waals surface area contributed by atoms with Crippen molar-refractivity contribution in [3.63, 3.8) is 0 Å². The van der Waals surface area contributed by atoms with E-state index >= 15 is 0 Å². The summed E-state index contributed by atoms with van der Waals surface area (Å²) in [6.45, 7) is 4.77. The summed E-state index contributed by atoms with van der Waals surface area (Å²) in [4.78, 5) is 37.0. The van der Waals surface area contributed by atoms with E-state index in [0.717, 1.165) is 12.8 Å². The zero-order chi connectivity index (χ0) is 16.8. The molecule has 23 heavy (non-hydrogen) atoms. The first kappa shape index (κ1) is 17.0. The third kappa shape index (κ3) is 4.55. The lowest BCUT2D eigenvalue weighted by Crippen LogP contribution is -2.42. The van der Waals surface area contributed by atoms with Gasteiger partial charge in [0.2, 0.25) is 11.8 Å². The van der Waals surface area contributed by atoms with Gasteiger partial charge in [-0.25, -0.2) is 4.79 Å². The SMILES string of the molecule is CCOC(=O)c1ccc(NC(=O)C2CCCN(C(C)=O)C2)cc1. The van der Waals surface area contributed by atoms with Gasteiger partial charge in [-0.05, 0) is 44.0 Å². The summed E-state index contributed by atoms with van der Waals surface area (Å²) in [5.41, 5.74) is 1.08. The Morgan fingerprint density at radius 3 is 2.57 bits per heavy atom. The first-order chi connectivity index (χ1) is 11.0. The molecule has 0 bridgehead atoms. The Hall–Kier alpha value is -2.37. The summed E-state index contributed by atoms with van der Waals surface area (Å²) in [6.07, 6.45) is 1.61. The number of hydrogen-bond donors (Lipinski definition) is 1. The predicted molar refractivity (Wildman–Crippen MR) is 86.0 cm³/mol. The van der Waals surface area contributed by atoms with Crippen LogP contribution in [0.3, 0.4) is 0 Å². The lowest BCUT2D eigenvalue weighted by molar-refractivity contribution is -0.132. The van der Waals surface area contributed by atoms with Crippen molar-refractivity contribution in [1.29, 1.82) is 0 Å². The van der Waals surface area contributed by atoms with Crippen LogP contribution in [-0.4, -0.2) is 42.4 Å². The van der Waals surface area contributed by atoms with Crippen LogP contribution in [-0.2, 0) is 14.3 Å². The Labute approximate surface area is 135 Å². The van der Waals surface area contributed by atoms with Crippen LogP contribution in [0, 0.1) is 5.92 Å². The van der Waals surface area contributed by atoms with Crippen molar-refractivity contribution >= 4 is 23.5 Å². The zero-order valence-electron chi connectivity index (χ0n) is 13.5. The number of likely N-dealkylation sites (tertiary alicyclic amines) is 1. The maximum absolute atomic E-state index is 12.3. The Bertz CT molecular complexity index is 583. The quantitative estimate of drug-likeness (QED) is 0.862. The molecule has 0 saturated carbocycles. The number of piperidine rings is 1. The first-order valence-corrected chi connectivity index (χ1v) is 7.84. The Morgan fingerprint density at radius 1 is 1.26 bits per heavy atom. The number of benzene rings is 1. The number of anilines is 1. The molecule has 2 amide bonds. The van der Waals surface area contributed by atoms with Gasteiger partial charge < -0.3 is 15.0 Å². The number of carbonyl (C=O) groups is 3. The maximum atomic E-state index is 12.3. The van der Waals surface area contributed by atoms with E-state index in [2.05, 4.69) is 5.32 Å². The van der Waals surface area contributed by atoms with E-state index in [1.54, 1.807) is 36.1 Å². The zero-order valence-corrected chi connectivity index (χ0v) is 13.5. The number of ether oxygens (including phenoxy) is 1. The van der Waals surface area contributed by atoms with Gasteiger partial charge in [-0.3, -0.25) is 9.59 Å². The molecule has 1 saturated heterocycles. The summed E-state index contributed by atoms with van der Waals surface area (Å²) in [6, 6.07) is 6.60. The molecular weight excluding hydrogens is 296 g/mol. The van der Waals surface area contributed by atoms with Gasteiger partial charge >= 0.3 is 5.97 Å². The van der Waals surface area contributed by atoms with Crippen LogP contribution in [0.4, 0.5) is 5.69 Å². The fourth-order valence-electron chi connectivity index (χ4n) is 2.63. The average Bonchev–Trinajstić information content (AvgIpc) is 2.55. The molecule has 6 heteroatoms. The van der Waals surface area contributed by atoms with Gasteiger partial charge in [-0.1, -0.05) is 0 Å². The summed E-state index contributed by atoms with van der Waals surface area (Å²) in [7, 11) is 0. The summed E-state index contributed by atoms with van der Waals surface area (Å²) >= 11 is 0. The van der Waals surface area contributed by atoms with Gasteiger partial charge in [0.15, 0.2) is 0 Å². The molecule has 1 aliphatic heterocycles. The smallest absolute Gasteiger partial charge is 0.338 e. The molecule has 0 spiro atoms. The number of hydrogen-bond acceptors (Lipinski definition) is 4. The van der Waals surface area contributed by atoms with Crippen molar-refractivity contribution in [2.24, 2.45) is 5.92 Å². The molecule has 1 aliphatic rings. The molecule has 2 rings (SSSR count). The van der Waals surface area contributed by atoms with Crippen molar-refractivity contribution in [1.82, 2.24) is 4.90 Å². The van der Waals surface area contributed by atoms with E-state index in [4.69, 9.17) is 4.74 Å². The van der Waals surface area contributed by atoms with Crippen LogP contribution in [0.1, 0.15) is 37.0 Å². The molecule has 1 heterocycles. The first-order valence-electron chi connectivity index (χ1n) is 7.84. The highest BCUT2D eigenvalue weighted by atomic mass is 16.5. The Kier molecular flexibility index (Phi) is 5.73. The van der Waals surface area contributed by atoms with E-state index < -0.39 is 0 Å². The number of nitrogens with zero attached hydrogens (tertiary/aromatic N) is 1. The topological polar surface area (TPSA) is 75.7 Å². The maximum Gasteiger partial charge on any atom is 0.338 e. The van der Waals surface area contributed by atoms with Crippen LogP contribution >= 0.6 is 0 Å². The fraction of sp³-hybridized carbons (Fsp3) is 0.471. The van der Waals surface area contributed by atoms with E-state index in [1.807, 2.05) is 0 Å². The molecule has 124 valence electrons. The largest absolute Gasteiger partial charge is 0.462 e. The number of carbonyl (C=O) groups excluding carboxylic acids is 3. The normalized spacial score (nSPS) is 17.5. The van der Waals surface area contributed by atoms with E-state index in [0.29, 0.717) is 30.9 Å². The second-order valence-corrected chi connectivity index (χ2v) is 5.59. The number of rotatable bonds is 4. The Balaban J connectivity index is 1.94. The van der Waals surface area contributed by atoms with Gasteiger partial charge in [0.1, 0.15) is 0 Å². The molecule has 0 aromatic heterocycles. The minimum Gasteiger partial charge on any atom is -0.462 e. The van der Waals surface area contributed by atoms with Gasteiger partial charge in [-0.15, -0.1) is 0 Å². The van der Waals surface area contributed by atoms with Crippen molar-refractivity contribution in [2.75, 3.05) is 25.0 Å². The standard InChI is InChI=1S/C17H22N2O4/c1-3-23-17(22)13-6-8-15(9-7-13)18-16(21)14-5-4-10-19(11-14)12(2)20/h6-9,14H,3-5,10-11H2,1-2H3,(H,18,21). The Morgan fingerprint density at radius 2 is 1.96 bits per heavy atom. The average molecular weight is 318 g/mol. The van der Waals surface area contributed by atoms with E-state index in [9.17, 15) is 14.4 Å². The number of nitrogens with one attached hydrogen (secondary N) is 1. The number of amides is 2. The molecule has 1 atom stereocenters. The minimum atomic E-state index is -0.380. The van der Waals surface area contributed by atoms with Gasteiger partial charge in [0.25, 0.3) is 0 Å². The highest BCUT2D eigenvalue weighted by molar-refractivity contribution is 5.94. The molecule has 1 fully saturated rings. The van der Waals surface area contributed by atoms with E-state index in [1.165, 1.54) is 6.92 Å². The van der Waals surface area contributed by atoms with Crippen molar-refractivity contribution in [3.05, 3.63) is 29.8 Å². The summed E-state index contributed by atoms with van der Waals surface area (Å²) < 4.78 is 4.91. The minimum absolute atomic E-state index is 0.00119. The van der Waals surface area contributed by atoms with Crippen LogP contribution < -0.4 is 5.32 Å². The van der Waals surface area contributed by atoms with E-state index in [-0.39, 0.29) is 23.7 Å². The second kappa shape index (κ2) is 7.76. The van der Waals surface area contributed by atoms with Gasteiger partial charge in [-0.2, -0.15) is 0 Å². The van der Waals surface area contributed by atoms with Crippen LogP contribution in [0.5, 0.6) is 0 Å².